The van der Waals surface area contributed by atoms with E-state index in [1.54, 1.807) is 6.92 Å². The average molecular weight is 294 g/mol. The maximum Gasteiger partial charge on any atom is 0.394 e. The predicted octanol–water partition coefficient (Wildman–Crippen LogP) is 0.349. The van der Waals surface area contributed by atoms with Crippen molar-refractivity contribution in [3.05, 3.63) is 0 Å². The summed E-state index contributed by atoms with van der Waals surface area (Å²) < 4.78 is 11.0. The normalized spacial score (nSPS) is 16.8. The lowest BCUT2D eigenvalue weighted by atomic mass is 9.98. The van der Waals surface area contributed by atoms with Crippen molar-refractivity contribution in [2.24, 2.45) is 11.7 Å². The molecule has 0 aromatic rings. The van der Waals surface area contributed by atoms with Crippen LogP contribution in [0.25, 0.3) is 0 Å². The number of carbonyl (C=O) groups excluding carboxylic acids is 2. The van der Waals surface area contributed by atoms with Crippen LogP contribution in [0.4, 0.5) is 0 Å². The second kappa shape index (κ2) is 6.61. The fraction of sp³-hybridized carbons (Fsp3) is 0.818. The summed E-state index contributed by atoms with van der Waals surface area (Å²) in [6, 6.07) is -0.810. The number of carbonyl (C=O) groups is 2. The zero-order chi connectivity index (χ0) is 15.4. The van der Waals surface area contributed by atoms with Crippen LogP contribution < -0.4 is 11.1 Å². The molecule has 0 saturated heterocycles. The van der Waals surface area contributed by atoms with Crippen molar-refractivity contribution in [1.82, 2.24) is 5.32 Å². The van der Waals surface area contributed by atoms with Crippen molar-refractivity contribution in [1.29, 1.82) is 0 Å². The molecular formula is C11H23N2O5P. The average Bonchev–Trinajstić information content (AvgIpc) is 2.25. The molecule has 5 N–H and O–H groups in total. The van der Waals surface area contributed by atoms with Crippen LogP contribution in [0.2, 0.25) is 0 Å². The molecule has 0 aromatic carbocycles. The number of hydrogen-bond donors (Lipinski definition) is 4. The van der Waals surface area contributed by atoms with Crippen molar-refractivity contribution < 1.29 is 23.9 Å². The maximum absolute atomic E-state index is 11.8. The van der Waals surface area contributed by atoms with Gasteiger partial charge in [-0.25, -0.2) is 0 Å². The van der Waals surface area contributed by atoms with Gasteiger partial charge in [-0.15, -0.1) is 0 Å². The Morgan fingerprint density at radius 1 is 1.37 bits per heavy atom. The van der Waals surface area contributed by atoms with E-state index in [0.29, 0.717) is 6.42 Å². The first-order valence-electron chi connectivity index (χ1n) is 6.12. The molecule has 0 saturated carbocycles. The first-order chi connectivity index (χ1) is 8.44. The van der Waals surface area contributed by atoms with Crippen LogP contribution in [0.5, 0.6) is 0 Å². The summed E-state index contributed by atoms with van der Waals surface area (Å²) >= 11 is 0. The third kappa shape index (κ3) is 5.40. The molecule has 0 spiro atoms. The van der Waals surface area contributed by atoms with Crippen molar-refractivity contribution in [2.45, 2.75) is 52.1 Å². The summed E-state index contributed by atoms with van der Waals surface area (Å²) in [6.45, 7) is 6.64. The summed E-state index contributed by atoms with van der Waals surface area (Å²) in [5, 5.41) is 2.35. The molecule has 2 atom stereocenters. The minimum absolute atomic E-state index is 0.0665. The molecular weight excluding hydrogens is 271 g/mol. The summed E-state index contributed by atoms with van der Waals surface area (Å²) in [5.41, 5.74) is 2.77. The molecule has 0 aliphatic heterocycles. The van der Waals surface area contributed by atoms with Crippen molar-refractivity contribution in [2.75, 3.05) is 0 Å². The van der Waals surface area contributed by atoms with Crippen molar-refractivity contribution >= 4 is 19.0 Å². The van der Waals surface area contributed by atoms with Crippen LogP contribution in [-0.4, -0.2) is 32.8 Å². The summed E-state index contributed by atoms with van der Waals surface area (Å²) in [4.78, 5) is 41.4. The minimum Gasteiger partial charge on any atom is -0.342 e. The third-order valence-electron chi connectivity index (χ3n) is 2.90. The minimum atomic E-state index is -4.90. The van der Waals surface area contributed by atoms with Crippen molar-refractivity contribution in [3.63, 3.8) is 0 Å². The van der Waals surface area contributed by atoms with E-state index in [9.17, 15) is 14.2 Å². The van der Waals surface area contributed by atoms with E-state index < -0.39 is 30.6 Å². The lowest BCUT2D eigenvalue weighted by molar-refractivity contribution is -0.129. The van der Waals surface area contributed by atoms with E-state index >= 15 is 0 Å². The smallest absolute Gasteiger partial charge is 0.342 e. The summed E-state index contributed by atoms with van der Waals surface area (Å²) in [6.07, 6.45) is 0.493. The fourth-order valence-electron chi connectivity index (χ4n) is 1.59. The number of hydrogen-bond acceptors (Lipinski definition) is 4. The van der Waals surface area contributed by atoms with Gasteiger partial charge in [-0.2, -0.15) is 0 Å². The van der Waals surface area contributed by atoms with Crippen molar-refractivity contribution in [3.8, 4) is 0 Å². The molecule has 19 heavy (non-hydrogen) atoms. The van der Waals surface area contributed by atoms with E-state index in [4.69, 9.17) is 15.5 Å². The molecule has 1 unspecified atom stereocenters. The highest BCUT2D eigenvalue weighted by Crippen LogP contribution is 2.41. The van der Waals surface area contributed by atoms with Gasteiger partial charge in [-0.3, -0.25) is 14.2 Å². The molecule has 8 heteroatoms. The molecule has 0 fully saturated rings. The maximum atomic E-state index is 11.8. The molecule has 1 amide bonds. The van der Waals surface area contributed by atoms with Crippen LogP contribution in [0.15, 0.2) is 0 Å². The molecule has 0 rings (SSSR count). The molecule has 112 valence electrons. The quantitative estimate of drug-likeness (QED) is 0.501. The van der Waals surface area contributed by atoms with Gasteiger partial charge in [-0.1, -0.05) is 20.8 Å². The Hall–Kier alpha value is -0.750. The van der Waals surface area contributed by atoms with Crippen LogP contribution in [0, 0.1) is 5.92 Å². The van der Waals surface area contributed by atoms with Gasteiger partial charge in [0, 0.05) is 0 Å². The first kappa shape index (κ1) is 18.2. The standard InChI is InChI=1S/C11H23N2O5P/c1-5-11(4,10(15)19(16,17)18)13-9(14)8(12)6-7(2)3/h7-8H,5-6,12H2,1-4H3,(H,13,14)(H2,16,17,18)/t8-,11?/m0/s1. The zero-order valence-electron chi connectivity index (χ0n) is 11.7. The van der Waals surface area contributed by atoms with Gasteiger partial charge in [0.1, 0.15) is 5.54 Å². The van der Waals surface area contributed by atoms with E-state index in [1.807, 2.05) is 13.8 Å². The molecule has 0 aromatic heterocycles. The molecule has 7 nitrogen and oxygen atoms in total. The van der Waals surface area contributed by atoms with Gasteiger partial charge in [0.2, 0.25) is 5.91 Å². The molecule has 0 heterocycles. The Bertz CT molecular complexity index is 393. The molecule has 0 radical (unpaired) electrons. The van der Waals surface area contributed by atoms with Gasteiger partial charge in [0.25, 0.3) is 5.52 Å². The van der Waals surface area contributed by atoms with Gasteiger partial charge >= 0.3 is 7.60 Å². The van der Waals surface area contributed by atoms with Crippen LogP contribution >= 0.6 is 7.60 Å². The van der Waals surface area contributed by atoms with Crippen LogP contribution in [-0.2, 0) is 14.2 Å². The monoisotopic (exact) mass is 294 g/mol. The lowest BCUT2D eigenvalue weighted by Gasteiger charge is -2.29. The van der Waals surface area contributed by atoms with Gasteiger partial charge in [-0.05, 0) is 25.7 Å². The largest absolute Gasteiger partial charge is 0.394 e. The summed E-state index contributed by atoms with van der Waals surface area (Å²) in [5.74, 6) is -0.383. The number of nitrogens with one attached hydrogen (secondary N) is 1. The highest BCUT2D eigenvalue weighted by molar-refractivity contribution is 7.70. The lowest BCUT2D eigenvalue weighted by Crippen LogP contribution is -2.56. The topological polar surface area (TPSA) is 130 Å². The molecule has 0 aliphatic rings. The highest BCUT2D eigenvalue weighted by atomic mass is 31.2. The van der Waals surface area contributed by atoms with Gasteiger partial charge in [0.15, 0.2) is 0 Å². The SMILES string of the molecule is CCC(C)(NC(=O)[C@@H](N)CC(C)C)C(=O)P(=O)(O)O. The Balaban J connectivity index is 4.95. The number of nitrogens with two attached hydrogens (primary N) is 1. The van der Waals surface area contributed by atoms with Gasteiger partial charge in [0.05, 0.1) is 6.04 Å². The van der Waals surface area contributed by atoms with E-state index in [2.05, 4.69) is 5.32 Å². The van der Waals surface area contributed by atoms with E-state index in [-0.39, 0.29) is 12.3 Å². The second-order valence-electron chi connectivity index (χ2n) is 5.26. The Labute approximate surface area is 113 Å². The zero-order valence-corrected chi connectivity index (χ0v) is 12.6. The van der Waals surface area contributed by atoms with Crippen LogP contribution in [0.3, 0.4) is 0 Å². The third-order valence-corrected chi connectivity index (χ3v) is 3.93. The molecule has 0 bridgehead atoms. The Morgan fingerprint density at radius 3 is 2.16 bits per heavy atom. The number of amides is 1. The number of rotatable bonds is 7. The van der Waals surface area contributed by atoms with Gasteiger partial charge < -0.3 is 20.8 Å². The first-order valence-corrected chi connectivity index (χ1v) is 7.73. The predicted molar refractivity (Wildman–Crippen MR) is 71.3 cm³/mol. The Kier molecular flexibility index (Phi) is 6.35. The Morgan fingerprint density at radius 2 is 1.84 bits per heavy atom. The second-order valence-corrected chi connectivity index (χ2v) is 6.75. The van der Waals surface area contributed by atoms with E-state index in [1.165, 1.54) is 6.92 Å². The fourth-order valence-corrected chi connectivity index (χ4v) is 2.45. The van der Waals surface area contributed by atoms with E-state index in [0.717, 1.165) is 0 Å². The molecule has 0 aliphatic carbocycles. The van der Waals surface area contributed by atoms with Crippen LogP contribution in [0.1, 0.15) is 40.5 Å². The highest BCUT2D eigenvalue weighted by Gasteiger charge is 2.43. The summed E-state index contributed by atoms with van der Waals surface area (Å²) in [7, 11) is -4.90.